The van der Waals surface area contributed by atoms with Crippen LogP contribution in [-0.2, 0) is 27.4 Å². The van der Waals surface area contributed by atoms with Gasteiger partial charge < -0.3 is 49.2 Å². The van der Waals surface area contributed by atoms with E-state index < -0.39 is 36.0 Å². The minimum atomic E-state index is -1.22. The van der Waals surface area contributed by atoms with E-state index in [-0.39, 0.29) is 44.4 Å². The topological polar surface area (TPSA) is 156 Å². The fourth-order valence-electron chi connectivity index (χ4n) is 6.31. The fourth-order valence-corrected chi connectivity index (χ4v) is 6.31. The molecule has 2 aromatic carbocycles. The van der Waals surface area contributed by atoms with Crippen LogP contribution in [0, 0.1) is 5.92 Å². The van der Waals surface area contributed by atoms with Crippen molar-refractivity contribution >= 4 is 11.8 Å². The van der Waals surface area contributed by atoms with Gasteiger partial charge in [0.2, 0.25) is 11.8 Å². The van der Waals surface area contributed by atoms with Crippen molar-refractivity contribution in [1.29, 1.82) is 0 Å². The second-order valence-corrected chi connectivity index (χ2v) is 11.0. The number of ether oxygens (including phenoxy) is 5. The zero-order valence-electron chi connectivity index (χ0n) is 25.2. The van der Waals surface area contributed by atoms with Gasteiger partial charge in [-0.3, -0.25) is 9.59 Å². The summed E-state index contributed by atoms with van der Waals surface area (Å²) in [7, 11) is 4.62. The Bertz CT molecular complexity index is 1390. The van der Waals surface area contributed by atoms with Gasteiger partial charge in [0, 0.05) is 30.8 Å². The van der Waals surface area contributed by atoms with Crippen LogP contribution < -0.4 is 24.3 Å². The maximum absolute atomic E-state index is 14.1. The molecule has 4 N–H and O–H groups in total. The third kappa shape index (κ3) is 6.07. The largest absolute Gasteiger partial charge is 0.497 e. The number of carbonyl (C=O) groups excluding carboxylic acids is 2. The first-order valence-electron chi connectivity index (χ1n) is 14.7. The van der Waals surface area contributed by atoms with Gasteiger partial charge in [0.25, 0.3) is 0 Å². The molecule has 5 atom stereocenters. The number of carbonyl (C=O) groups is 2. The van der Waals surface area contributed by atoms with Crippen LogP contribution in [0.1, 0.15) is 29.0 Å². The number of fused-ring (bicyclic) bond motifs is 3. The molecule has 5 rings (SSSR count). The lowest BCUT2D eigenvalue weighted by atomic mass is 9.77. The standard InChI is InChI=1S/C32H40N2O10/c1-40-21-4-5-25(41-2)19(14-21)6-9-34(32(39)20-7-11-43-17-20)24-15-23(31(38)33-8-10-35)27-22-12-18(16-36)13-26(42-3)29(22)44-30(27)28(24)37/h4-5,12-15,20,24,27-28,30,35-37H,6-11,16-17H2,1-3H3,(H,33,38). The smallest absolute Gasteiger partial charge is 0.247 e. The summed E-state index contributed by atoms with van der Waals surface area (Å²) in [5, 5.41) is 33.9. The zero-order chi connectivity index (χ0) is 31.4. The molecule has 2 heterocycles. The van der Waals surface area contributed by atoms with Crippen molar-refractivity contribution in [2.24, 2.45) is 5.92 Å². The average molecular weight is 613 g/mol. The van der Waals surface area contributed by atoms with Gasteiger partial charge in [-0.25, -0.2) is 0 Å². The second-order valence-electron chi connectivity index (χ2n) is 11.0. The Hall–Kier alpha value is -3.84. The maximum Gasteiger partial charge on any atom is 0.247 e. The molecule has 44 heavy (non-hydrogen) atoms. The van der Waals surface area contributed by atoms with Crippen molar-refractivity contribution in [3.8, 4) is 23.0 Å². The van der Waals surface area contributed by atoms with Gasteiger partial charge in [-0.2, -0.15) is 0 Å². The molecule has 1 fully saturated rings. The highest BCUT2D eigenvalue weighted by molar-refractivity contribution is 5.96. The summed E-state index contributed by atoms with van der Waals surface area (Å²) >= 11 is 0. The highest BCUT2D eigenvalue weighted by Crippen LogP contribution is 2.51. The summed E-state index contributed by atoms with van der Waals surface area (Å²) in [6.07, 6.45) is 0.405. The van der Waals surface area contributed by atoms with Gasteiger partial charge in [-0.05, 0) is 60.4 Å². The number of benzene rings is 2. The summed E-state index contributed by atoms with van der Waals surface area (Å²) in [6.45, 7) is 0.424. The predicted octanol–water partition coefficient (Wildman–Crippen LogP) is 0.935. The number of rotatable bonds is 12. The van der Waals surface area contributed by atoms with E-state index in [2.05, 4.69) is 5.32 Å². The zero-order valence-corrected chi connectivity index (χ0v) is 25.2. The van der Waals surface area contributed by atoms with Crippen LogP contribution in [0.5, 0.6) is 23.0 Å². The maximum atomic E-state index is 14.1. The molecule has 5 unspecified atom stereocenters. The van der Waals surface area contributed by atoms with Crippen molar-refractivity contribution < 1.29 is 48.6 Å². The molecule has 0 aromatic heterocycles. The van der Waals surface area contributed by atoms with E-state index in [1.54, 1.807) is 49.5 Å². The SMILES string of the molecule is COc1ccc(OC)c(CCN(C(=O)C2CCOC2)C2C=C(C(=O)NCCO)C3c4cc(CO)cc(OC)c4OC3C2O)c1. The summed E-state index contributed by atoms with van der Waals surface area (Å²) in [6, 6.07) is 7.89. The number of hydrogen-bond acceptors (Lipinski definition) is 10. The molecule has 1 aliphatic carbocycles. The Morgan fingerprint density at radius 2 is 1.86 bits per heavy atom. The molecule has 12 heteroatoms. The van der Waals surface area contributed by atoms with Crippen molar-refractivity contribution in [3.63, 3.8) is 0 Å². The van der Waals surface area contributed by atoms with Gasteiger partial charge in [0.1, 0.15) is 23.7 Å². The number of methoxy groups -OCH3 is 3. The van der Waals surface area contributed by atoms with Crippen molar-refractivity contribution in [3.05, 3.63) is 58.7 Å². The van der Waals surface area contributed by atoms with Crippen LogP contribution in [-0.4, -0.2) is 105 Å². The second kappa shape index (κ2) is 13.9. The average Bonchev–Trinajstić information content (AvgIpc) is 3.73. The summed E-state index contributed by atoms with van der Waals surface area (Å²) in [5.74, 6) is 0.230. The van der Waals surface area contributed by atoms with E-state index in [1.165, 1.54) is 7.11 Å². The van der Waals surface area contributed by atoms with Gasteiger partial charge in [0.15, 0.2) is 11.5 Å². The number of amides is 2. The van der Waals surface area contributed by atoms with Gasteiger partial charge in [-0.1, -0.05) is 0 Å². The minimum Gasteiger partial charge on any atom is -0.497 e. The lowest BCUT2D eigenvalue weighted by Gasteiger charge is -2.41. The monoisotopic (exact) mass is 612 g/mol. The third-order valence-electron chi connectivity index (χ3n) is 8.53. The molecule has 0 saturated carbocycles. The molecular weight excluding hydrogens is 572 g/mol. The van der Waals surface area contributed by atoms with Crippen molar-refractivity contribution in [2.75, 3.05) is 54.2 Å². The Labute approximate surface area is 256 Å². The molecule has 0 spiro atoms. The molecule has 12 nitrogen and oxygen atoms in total. The molecule has 2 amide bonds. The van der Waals surface area contributed by atoms with Crippen LogP contribution >= 0.6 is 0 Å². The van der Waals surface area contributed by atoms with E-state index in [1.807, 2.05) is 6.07 Å². The van der Waals surface area contributed by atoms with E-state index in [9.17, 15) is 24.9 Å². The molecule has 3 aliphatic rings. The number of aliphatic hydroxyl groups is 3. The van der Waals surface area contributed by atoms with Gasteiger partial charge in [0.05, 0.1) is 59.0 Å². The normalized spacial score (nSPS) is 23.6. The number of hydrogen-bond donors (Lipinski definition) is 4. The third-order valence-corrected chi connectivity index (χ3v) is 8.53. The van der Waals surface area contributed by atoms with Gasteiger partial charge in [-0.15, -0.1) is 0 Å². The van der Waals surface area contributed by atoms with Crippen LogP contribution in [0.25, 0.3) is 0 Å². The van der Waals surface area contributed by atoms with Crippen LogP contribution in [0.15, 0.2) is 42.0 Å². The quantitative estimate of drug-likeness (QED) is 0.272. The van der Waals surface area contributed by atoms with Crippen molar-refractivity contribution in [1.82, 2.24) is 10.2 Å². The molecule has 0 bridgehead atoms. The van der Waals surface area contributed by atoms with E-state index in [0.29, 0.717) is 53.6 Å². The van der Waals surface area contributed by atoms with E-state index in [0.717, 1.165) is 5.56 Å². The van der Waals surface area contributed by atoms with Crippen LogP contribution in [0.4, 0.5) is 0 Å². The lowest BCUT2D eigenvalue weighted by Crippen LogP contribution is -2.57. The number of nitrogens with one attached hydrogen (secondary N) is 1. The molecule has 1 saturated heterocycles. The Kier molecular flexibility index (Phi) is 9.94. The molecule has 238 valence electrons. The summed E-state index contributed by atoms with van der Waals surface area (Å²) in [4.78, 5) is 29.2. The highest BCUT2D eigenvalue weighted by Gasteiger charge is 2.52. The van der Waals surface area contributed by atoms with Crippen molar-refractivity contribution in [2.45, 2.75) is 43.6 Å². The number of aliphatic hydroxyl groups excluding tert-OH is 3. The Morgan fingerprint density at radius 3 is 2.52 bits per heavy atom. The fraction of sp³-hybridized carbons (Fsp3) is 0.500. The molecule has 0 radical (unpaired) electrons. The summed E-state index contributed by atoms with van der Waals surface area (Å²) < 4.78 is 28.3. The first kappa shape index (κ1) is 31.6. The molecule has 2 aromatic rings. The van der Waals surface area contributed by atoms with E-state index in [4.69, 9.17) is 23.7 Å². The minimum absolute atomic E-state index is 0.0200. The van der Waals surface area contributed by atoms with Crippen LogP contribution in [0.2, 0.25) is 0 Å². The first-order valence-corrected chi connectivity index (χ1v) is 14.7. The van der Waals surface area contributed by atoms with Crippen LogP contribution in [0.3, 0.4) is 0 Å². The molecule has 2 aliphatic heterocycles. The van der Waals surface area contributed by atoms with Gasteiger partial charge >= 0.3 is 0 Å². The van der Waals surface area contributed by atoms with E-state index >= 15 is 0 Å². The number of nitrogens with zero attached hydrogens (tertiary/aromatic N) is 1. The first-order chi connectivity index (χ1) is 21.3. The summed E-state index contributed by atoms with van der Waals surface area (Å²) in [5.41, 5.74) is 2.24. The Balaban J connectivity index is 1.56. The highest BCUT2D eigenvalue weighted by atomic mass is 16.5. The predicted molar refractivity (Wildman–Crippen MR) is 158 cm³/mol. The Morgan fingerprint density at radius 1 is 1.07 bits per heavy atom. The lowest BCUT2D eigenvalue weighted by molar-refractivity contribution is -0.141. The molecular formula is C32H40N2O10.